The summed E-state index contributed by atoms with van der Waals surface area (Å²) in [7, 11) is 3.63. The minimum absolute atomic E-state index is 0.0676. The highest BCUT2D eigenvalue weighted by Crippen LogP contribution is 2.42. The molecule has 4 atom stereocenters. The molecule has 5 rings (SSSR count). The lowest BCUT2D eigenvalue weighted by Crippen LogP contribution is -2.54. The number of likely N-dealkylation sites (tertiary alicyclic amines) is 2. The molecule has 3 aliphatic rings. The van der Waals surface area contributed by atoms with Gasteiger partial charge in [-0.15, -0.1) is 10.2 Å². The normalized spacial score (nSPS) is 28.0. The van der Waals surface area contributed by atoms with Crippen molar-refractivity contribution in [2.45, 2.75) is 43.8 Å². The molecule has 5 heterocycles. The number of piperidine rings is 1. The summed E-state index contributed by atoms with van der Waals surface area (Å²) < 4.78 is 9.10. The van der Waals surface area contributed by atoms with E-state index in [4.69, 9.17) is 4.74 Å². The van der Waals surface area contributed by atoms with Gasteiger partial charge in [-0.1, -0.05) is 6.07 Å². The van der Waals surface area contributed by atoms with E-state index >= 15 is 0 Å². The van der Waals surface area contributed by atoms with Gasteiger partial charge >= 0.3 is 0 Å². The Morgan fingerprint density at radius 3 is 2.94 bits per heavy atom. The van der Waals surface area contributed by atoms with Crippen molar-refractivity contribution in [3.63, 3.8) is 0 Å². The molecule has 31 heavy (non-hydrogen) atoms. The quantitative estimate of drug-likeness (QED) is 0.702. The molecule has 3 aliphatic heterocycles. The Labute approximate surface area is 181 Å². The van der Waals surface area contributed by atoms with Gasteiger partial charge in [-0.05, 0) is 25.3 Å². The Bertz CT molecular complexity index is 1020. The number of pyridine rings is 1. The first-order chi connectivity index (χ1) is 15.1. The molecule has 0 unspecified atom stereocenters. The number of hydrogen-bond acceptors (Lipinski definition) is 6. The molecule has 166 valence electrons. The van der Waals surface area contributed by atoms with Crippen LogP contribution in [0.3, 0.4) is 0 Å². The number of carbonyl (C=O) groups is 1. The van der Waals surface area contributed by atoms with E-state index in [0.717, 1.165) is 50.4 Å². The first-order valence-corrected chi connectivity index (χ1v) is 11.1. The summed E-state index contributed by atoms with van der Waals surface area (Å²) in [6.07, 6.45) is 4.58. The second-order valence-electron chi connectivity index (χ2n) is 9.13. The van der Waals surface area contributed by atoms with E-state index in [2.05, 4.69) is 15.1 Å². The molecule has 0 spiro atoms. The van der Waals surface area contributed by atoms with Crippen LogP contribution in [0.4, 0.5) is 0 Å². The maximum absolute atomic E-state index is 13.8. The van der Waals surface area contributed by atoms with Crippen LogP contribution < -0.4 is 5.56 Å². The first-order valence-electron chi connectivity index (χ1n) is 11.1. The third-order valence-electron chi connectivity index (χ3n) is 7.17. The van der Waals surface area contributed by atoms with Crippen LogP contribution >= 0.6 is 0 Å². The number of methoxy groups -OCH3 is 1. The van der Waals surface area contributed by atoms with Gasteiger partial charge in [0.15, 0.2) is 0 Å². The number of amides is 1. The van der Waals surface area contributed by atoms with Crippen LogP contribution in [-0.4, -0.2) is 74.4 Å². The van der Waals surface area contributed by atoms with Gasteiger partial charge in [-0.25, -0.2) is 0 Å². The average Bonchev–Trinajstić information content (AvgIpc) is 3.38. The second-order valence-corrected chi connectivity index (χ2v) is 9.13. The lowest BCUT2D eigenvalue weighted by molar-refractivity contribution is -0.140. The van der Waals surface area contributed by atoms with Crippen molar-refractivity contribution in [1.29, 1.82) is 0 Å². The van der Waals surface area contributed by atoms with Gasteiger partial charge < -0.3 is 14.2 Å². The summed E-state index contributed by atoms with van der Waals surface area (Å²) in [4.78, 5) is 31.1. The van der Waals surface area contributed by atoms with E-state index in [-0.39, 0.29) is 29.3 Å². The Morgan fingerprint density at radius 1 is 1.29 bits per heavy atom. The molecule has 0 N–H and O–H groups in total. The molecule has 2 aromatic rings. The van der Waals surface area contributed by atoms with Crippen LogP contribution in [0.5, 0.6) is 0 Å². The van der Waals surface area contributed by atoms with Gasteiger partial charge in [0.1, 0.15) is 18.2 Å². The Balaban J connectivity index is 1.48. The topological polar surface area (TPSA) is 85.5 Å². The molecule has 2 bridgehead atoms. The van der Waals surface area contributed by atoms with Crippen molar-refractivity contribution < 1.29 is 9.53 Å². The first kappa shape index (κ1) is 20.4. The molecular formula is C22H30N6O3. The van der Waals surface area contributed by atoms with Crippen molar-refractivity contribution in [2.24, 2.45) is 13.0 Å². The lowest BCUT2D eigenvalue weighted by atomic mass is 9.78. The maximum Gasteiger partial charge on any atom is 0.251 e. The largest absolute Gasteiger partial charge is 0.383 e. The summed E-state index contributed by atoms with van der Waals surface area (Å²) in [6, 6.07) is 5.06. The monoisotopic (exact) mass is 426 g/mol. The summed E-state index contributed by atoms with van der Waals surface area (Å²) in [5, 5.41) is 8.23. The fraction of sp³-hybridized carbons (Fsp3) is 0.636. The number of hydrogen-bond donors (Lipinski definition) is 0. The molecule has 0 radical (unpaired) electrons. The van der Waals surface area contributed by atoms with E-state index in [1.807, 2.05) is 28.6 Å². The van der Waals surface area contributed by atoms with Gasteiger partial charge in [0, 0.05) is 57.4 Å². The molecule has 1 amide bonds. The number of aryl methyl sites for hydroxylation is 1. The predicted molar refractivity (Wildman–Crippen MR) is 113 cm³/mol. The van der Waals surface area contributed by atoms with Gasteiger partial charge in [0.05, 0.1) is 19.2 Å². The van der Waals surface area contributed by atoms with E-state index in [9.17, 15) is 9.59 Å². The van der Waals surface area contributed by atoms with Crippen LogP contribution in [0, 0.1) is 5.92 Å². The number of nitrogens with zero attached hydrogens (tertiary/aromatic N) is 6. The maximum atomic E-state index is 13.8. The fourth-order valence-electron chi connectivity index (χ4n) is 5.79. The van der Waals surface area contributed by atoms with Crippen LogP contribution in [0.2, 0.25) is 0 Å². The third kappa shape index (κ3) is 3.59. The summed E-state index contributed by atoms with van der Waals surface area (Å²) in [5.74, 6) is 1.31. The van der Waals surface area contributed by atoms with E-state index in [0.29, 0.717) is 13.2 Å². The summed E-state index contributed by atoms with van der Waals surface area (Å²) >= 11 is 0. The predicted octanol–water partition coefficient (Wildman–Crippen LogP) is 0.775. The second kappa shape index (κ2) is 8.20. The zero-order chi connectivity index (χ0) is 21.5. The van der Waals surface area contributed by atoms with Crippen molar-refractivity contribution in [3.05, 3.63) is 46.4 Å². The Kier molecular flexibility index (Phi) is 5.39. The van der Waals surface area contributed by atoms with Crippen molar-refractivity contribution >= 4 is 5.91 Å². The highest BCUT2D eigenvalue weighted by atomic mass is 16.5. The fourth-order valence-corrected chi connectivity index (χ4v) is 5.79. The highest BCUT2D eigenvalue weighted by molar-refractivity contribution is 5.82. The molecule has 0 saturated carbocycles. The van der Waals surface area contributed by atoms with Gasteiger partial charge in [-0.2, -0.15) is 0 Å². The Morgan fingerprint density at radius 2 is 2.16 bits per heavy atom. The summed E-state index contributed by atoms with van der Waals surface area (Å²) in [5.41, 5.74) is 0.905. The number of ether oxygens (including phenoxy) is 1. The third-order valence-corrected chi connectivity index (χ3v) is 7.17. The van der Waals surface area contributed by atoms with Crippen molar-refractivity contribution in [2.75, 3.05) is 33.4 Å². The molecule has 9 nitrogen and oxygen atoms in total. The number of fused-ring (bicyclic) bond motifs is 4. The smallest absolute Gasteiger partial charge is 0.251 e. The molecular weight excluding hydrogens is 396 g/mol. The van der Waals surface area contributed by atoms with Gasteiger partial charge in [-0.3, -0.25) is 19.1 Å². The van der Waals surface area contributed by atoms with Gasteiger partial charge in [0.25, 0.3) is 5.56 Å². The van der Waals surface area contributed by atoms with Crippen molar-refractivity contribution in [3.8, 4) is 0 Å². The molecule has 9 heteroatoms. The van der Waals surface area contributed by atoms with Crippen LogP contribution in [0.1, 0.15) is 42.7 Å². The van der Waals surface area contributed by atoms with Crippen LogP contribution in [0.25, 0.3) is 0 Å². The molecule has 2 saturated heterocycles. The molecule has 2 aromatic heterocycles. The number of carbonyl (C=O) groups excluding carboxylic acids is 1. The van der Waals surface area contributed by atoms with Crippen LogP contribution in [0.15, 0.2) is 29.3 Å². The zero-order valence-corrected chi connectivity index (χ0v) is 18.2. The molecule has 0 aliphatic carbocycles. The number of aromatic nitrogens is 4. The van der Waals surface area contributed by atoms with Crippen molar-refractivity contribution in [1.82, 2.24) is 29.1 Å². The minimum Gasteiger partial charge on any atom is -0.383 e. The standard InChI is InChI=1S/C22H30N6O3/c1-25-14-23-24-19(25)12-26-10-15-9-16(11-26)21(28-18(15)6-3-7-20(28)29)22(30)27-8-4-5-17(27)13-31-2/h3,6-7,14-17,21H,4-5,8-13H2,1-2H3/t15-,16+,17+,21-/m1/s1. The zero-order valence-electron chi connectivity index (χ0n) is 18.2. The average molecular weight is 427 g/mol. The van der Waals surface area contributed by atoms with Gasteiger partial charge in [0.2, 0.25) is 5.91 Å². The Hall–Kier alpha value is -2.52. The summed E-state index contributed by atoms with van der Waals surface area (Å²) in [6.45, 7) is 3.59. The van der Waals surface area contributed by atoms with E-state index < -0.39 is 6.04 Å². The molecule has 0 aromatic carbocycles. The SMILES string of the molecule is COC[C@@H]1CCCN1C(=O)[C@H]1[C@H]2C[C@H](CN(Cc3nncn3C)C2)c2cccc(=O)n21. The highest BCUT2D eigenvalue weighted by Gasteiger charge is 2.46. The number of rotatable bonds is 5. The van der Waals surface area contributed by atoms with E-state index in [1.54, 1.807) is 24.1 Å². The lowest BCUT2D eigenvalue weighted by Gasteiger charge is -2.47. The molecule has 2 fully saturated rings. The minimum atomic E-state index is -0.459. The van der Waals surface area contributed by atoms with Crippen LogP contribution in [-0.2, 0) is 23.1 Å². The van der Waals surface area contributed by atoms with E-state index in [1.165, 1.54) is 0 Å².